The average Bonchev–Trinajstić information content (AvgIpc) is 1.57. The zero-order valence-electron chi connectivity index (χ0n) is 60.5. The summed E-state index contributed by atoms with van der Waals surface area (Å²) in [7, 11) is 0. The van der Waals surface area contributed by atoms with E-state index in [9.17, 15) is 83.6 Å². The smallest absolute Gasteiger partial charge is 0.432 e. The maximum atomic E-state index is 14.2. The van der Waals surface area contributed by atoms with Gasteiger partial charge in [0.25, 0.3) is 0 Å². The molecule has 41 nitrogen and oxygen atoms in total. The van der Waals surface area contributed by atoms with Crippen LogP contribution < -0.4 is 0 Å². The van der Waals surface area contributed by atoms with Crippen molar-refractivity contribution in [2.45, 2.75) is 134 Å². The largest absolute Gasteiger partial charge is 0.540 e. The third-order valence-corrected chi connectivity index (χ3v) is 14.3. The van der Waals surface area contributed by atoms with Gasteiger partial charge in [0.05, 0.1) is 49.1 Å². The second-order valence-corrected chi connectivity index (χ2v) is 22.9. The summed E-state index contributed by atoms with van der Waals surface area (Å²) in [6.07, 6.45) is -6.33. The lowest BCUT2D eigenvalue weighted by Crippen LogP contribution is -2.43. The molecule has 0 aliphatic heterocycles. The minimum absolute atomic E-state index is 0.0579. The molecule has 49 heteroatoms. The Morgan fingerprint density at radius 2 is 0.685 bits per heavy atom. The van der Waals surface area contributed by atoms with E-state index in [1.807, 2.05) is 0 Å². The number of aryl methyl sites for hydroxylation is 4. The molecule has 0 amide bonds. The lowest BCUT2D eigenvalue weighted by atomic mass is 9.84. The van der Waals surface area contributed by atoms with Crippen LogP contribution in [0.25, 0.3) is 0 Å². The first-order valence-electron chi connectivity index (χ1n) is 34.2. The Balaban J connectivity index is 2.03. The number of hydrogen-bond donors (Lipinski definition) is 0. The van der Waals surface area contributed by atoms with Gasteiger partial charge in [-0.1, -0.05) is 49.0 Å². The lowest BCUT2D eigenvalue weighted by Gasteiger charge is -2.31. The van der Waals surface area contributed by atoms with Crippen molar-refractivity contribution >= 4 is 60.8 Å². The van der Waals surface area contributed by atoms with E-state index in [-0.39, 0.29) is 12.8 Å². The Kier molecular flexibility index (Phi) is 56.0. The quantitative estimate of drug-likeness (QED) is 0.0150. The molecular formula is C62H92F8N6O35. The van der Waals surface area contributed by atoms with Gasteiger partial charge in [-0.25, -0.2) is 55.9 Å². The number of hydrogen-bond acceptors (Lipinski definition) is 39. The first-order valence-corrected chi connectivity index (χ1v) is 34.2. The highest BCUT2D eigenvalue weighted by Crippen LogP contribution is 2.26. The molecule has 0 aliphatic carbocycles. The third-order valence-electron chi connectivity index (χ3n) is 14.3. The monoisotopic (exact) mass is 1630 g/mol. The standard InChI is InChI=1S/C62H92F8N6O35/c1-62(40-101-50(36-93-54(79)87-20-24-106-67)37-94-55(80)88-21-25-107-68,41-102-51(38-95-56(81)89-22-26-108-69)39-96-57(82)90-23-27-109-70)53(78)13-9-5-3-7-11-18-76-29-47(72-74-76)15-14-46-28-75(73-71-46)17-10-6-2-4-8-12-52(77)45(30-91-48(32-97-58(83)103-42-64)33-98-59(84)104-43-65)31-92-49(34-99-60(85)105-44-66)35-100-61(86)111-110-19-16-63/h28-29,45,48-51H,2-27,30-44H2,1H3. The van der Waals surface area contributed by atoms with Crippen LogP contribution >= 0.6 is 0 Å². The summed E-state index contributed by atoms with van der Waals surface area (Å²) in [5.41, 5.74) is -0.262. The van der Waals surface area contributed by atoms with E-state index in [2.05, 4.69) is 83.3 Å². The molecule has 2 heterocycles. The Hall–Kier alpha value is -9.14. The summed E-state index contributed by atoms with van der Waals surface area (Å²) in [6, 6.07) is 0. The van der Waals surface area contributed by atoms with Crippen LogP contribution in [0.1, 0.15) is 95.4 Å². The number of rotatable bonds is 67. The fourth-order valence-electron chi connectivity index (χ4n) is 8.69. The molecule has 2 unspecified atom stereocenters. The van der Waals surface area contributed by atoms with Crippen LogP contribution in [-0.4, -0.2) is 281 Å². The average molecular weight is 1630 g/mol. The maximum absolute atomic E-state index is 14.2. The van der Waals surface area contributed by atoms with Crippen LogP contribution in [0.4, 0.5) is 74.0 Å². The molecule has 636 valence electrons. The van der Waals surface area contributed by atoms with Gasteiger partial charge in [-0.05, 0) is 63.6 Å². The number of Topliss-reactive ketones (excluding diaryl/α,β-unsaturated/α-hetero) is 2. The van der Waals surface area contributed by atoms with Crippen molar-refractivity contribution in [3.05, 3.63) is 23.8 Å². The van der Waals surface area contributed by atoms with Crippen molar-refractivity contribution < 1.29 is 203 Å². The van der Waals surface area contributed by atoms with E-state index in [4.69, 9.17) is 56.8 Å². The van der Waals surface area contributed by atoms with Gasteiger partial charge in [-0.2, -0.15) is 24.7 Å². The van der Waals surface area contributed by atoms with Crippen LogP contribution in [0.15, 0.2) is 12.4 Å². The number of alkyl halides is 4. The second kappa shape index (κ2) is 63.5. The van der Waals surface area contributed by atoms with Crippen LogP contribution in [0.5, 0.6) is 0 Å². The molecule has 0 saturated carbocycles. The first kappa shape index (κ1) is 97.9. The van der Waals surface area contributed by atoms with Crippen LogP contribution in [0.2, 0.25) is 0 Å². The summed E-state index contributed by atoms with van der Waals surface area (Å²) in [4.78, 5) is 146. The summed E-state index contributed by atoms with van der Waals surface area (Å²) in [5.74, 6) is -2.13. The van der Waals surface area contributed by atoms with Gasteiger partial charge in [0.15, 0.2) is 0 Å². The molecule has 2 atom stereocenters. The van der Waals surface area contributed by atoms with E-state index >= 15 is 0 Å². The molecule has 2 rings (SSSR count). The zero-order valence-corrected chi connectivity index (χ0v) is 60.5. The van der Waals surface area contributed by atoms with Crippen molar-refractivity contribution in [3.8, 4) is 0 Å². The highest BCUT2D eigenvalue weighted by molar-refractivity contribution is 5.84. The molecule has 111 heavy (non-hydrogen) atoms. The first-order chi connectivity index (χ1) is 53.7. The number of halogens is 8. The summed E-state index contributed by atoms with van der Waals surface area (Å²) in [6.45, 7) is -16.6. The third kappa shape index (κ3) is 50.4. The number of carbonyl (C=O) groups is 10. The Labute approximate surface area is 628 Å². The summed E-state index contributed by atoms with van der Waals surface area (Å²) < 4.78 is 195. The Morgan fingerprint density at radius 3 is 1.03 bits per heavy atom. The fraction of sp³-hybridized carbons (Fsp3) is 0.774. The molecule has 0 N–H and O–H groups in total. The molecule has 2 aromatic heterocycles. The Bertz CT molecular complexity index is 2750. The van der Waals surface area contributed by atoms with Crippen molar-refractivity contribution in [3.63, 3.8) is 0 Å². The number of ketones is 2. The molecule has 0 aliphatic rings. The molecule has 0 aromatic carbocycles. The highest BCUT2D eigenvalue weighted by atomic mass is 19.3. The SMILES string of the molecule is CC(COC(COC(=O)OCCOF)COC(=O)OCCOF)(COC(COC(=O)OCCOF)COC(=O)OCCOF)C(=O)CCCCCCCn1cc(CCc2cn(CCCCCCCC(=O)C(COC(COC(=O)OCF)COC(=O)OCF)COC(COC(=O)OCF)COC(=O)OOCCF)nn2)nn1. The van der Waals surface area contributed by atoms with Gasteiger partial charge in [0.1, 0.15) is 155 Å². The van der Waals surface area contributed by atoms with Gasteiger partial charge in [-0.3, -0.25) is 23.8 Å². The fourth-order valence-corrected chi connectivity index (χ4v) is 8.69. The summed E-state index contributed by atoms with van der Waals surface area (Å²) >= 11 is 0. The predicted octanol–water partition coefficient (Wildman–Crippen LogP) is 8.15. The second-order valence-electron chi connectivity index (χ2n) is 22.9. The maximum Gasteiger partial charge on any atom is 0.540 e. The van der Waals surface area contributed by atoms with Crippen LogP contribution in [-0.2, 0) is 155 Å². The van der Waals surface area contributed by atoms with Crippen molar-refractivity contribution in [2.75, 3.05) is 166 Å². The minimum Gasteiger partial charge on any atom is -0.432 e. The normalized spacial score (nSPS) is 11.8. The van der Waals surface area contributed by atoms with Crippen molar-refractivity contribution in [1.82, 2.24) is 30.0 Å². The number of nitrogens with zero attached hydrogens (tertiary/aromatic N) is 6. The van der Waals surface area contributed by atoms with Gasteiger partial charge in [0.2, 0.25) is 20.6 Å². The predicted molar refractivity (Wildman–Crippen MR) is 340 cm³/mol. The van der Waals surface area contributed by atoms with Crippen molar-refractivity contribution in [2.24, 2.45) is 11.3 Å². The van der Waals surface area contributed by atoms with Gasteiger partial charge in [-0.15, -0.1) is 10.2 Å². The molecule has 0 radical (unpaired) electrons. The molecule has 2 aromatic rings. The lowest BCUT2D eigenvalue weighted by molar-refractivity contribution is -0.257. The zero-order chi connectivity index (χ0) is 81.4. The van der Waals surface area contributed by atoms with Gasteiger partial charge < -0.3 is 90.0 Å². The number of ether oxygens (including phenoxy) is 19. The van der Waals surface area contributed by atoms with E-state index in [1.54, 1.807) is 21.8 Å². The van der Waals surface area contributed by atoms with Gasteiger partial charge in [0, 0.05) is 38.3 Å². The van der Waals surface area contributed by atoms with E-state index in [0.29, 0.717) is 102 Å². The topological polar surface area (TPSA) is 463 Å². The molecule has 0 fully saturated rings. The number of carbonyl (C=O) groups excluding carboxylic acids is 10. The van der Waals surface area contributed by atoms with E-state index in [0.717, 1.165) is 0 Å². The summed E-state index contributed by atoms with van der Waals surface area (Å²) in [5, 5.41) is 17.0. The molecule has 0 saturated heterocycles. The number of unbranched alkanes of at least 4 members (excludes halogenated alkanes) is 8. The number of aromatic nitrogens is 6. The van der Waals surface area contributed by atoms with Gasteiger partial charge >= 0.3 is 49.2 Å². The Morgan fingerprint density at radius 1 is 0.369 bits per heavy atom. The van der Waals surface area contributed by atoms with E-state index < -0.39 is 263 Å². The van der Waals surface area contributed by atoms with Crippen molar-refractivity contribution in [1.29, 1.82) is 0 Å². The molecule has 0 bridgehead atoms. The van der Waals surface area contributed by atoms with Crippen LogP contribution in [0.3, 0.4) is 0 Å². The molecular weight excluding hydrogens is 1540 g/mol. The highest BCUT2D eigenvalue weighted by Gasteiger charge is 2.37. The minimum atomic E-state index is -1.65. The molecule has 0 spiro atoms. The van der Waals surface area contributed by atoms with E-state index in [1.165, 1.54) is 6.92 Å². The van der Waals surface area contributed by atoms with Crippen LogP contribution in [0, 0.1) is 11.3 Å².